The second-order valence-corrected chi connectivity index (χ2v) is 7.76. The summed E-state index contributed by atoms with van der Waals surface area (Å²) in [5.41, 5.74) is 2.00. The highest BCUT2D eigenvalue weighted by Gasteiger charge is 2.24. The Labute approximate surface area is 163 Å². The lowest BCUT2D eigenvalue weighted by atomic mass is 9.94. The monoisotopic (exact) mass is 381 g/mol. The molecule has 2 aromatic heterocycles. The molecule has 5 nitrogen and oxygen atoms in total. The number of nitrogens with one attached hydrogen (secondary N) is 1. The highest BCUT2D eigenvalue weighted by atomic mass is 32.1. The van der Waals surface area contributed by atoms with Gasteiger partial charge >= 0.3 is 0 Å². The number of carbonyl (C=O) groups is 1. The van der Waals surface area contributed by atoms with Gasteiger partial charge in [0.2, 0.25) is 0 Å². The first-order valence-electron chi connectivity index (χ1n) is 9.34. The number of carbonyl (C=O) groups excluding carboxylic acids is 1. The number of imidazole rings is 1. The Balaban J connectivity index is 1.26. The van der Waals surface area contributed by atoms with Gasteiger partial charge in [-0.25, -0.2) is 4.98 Å². The summed E-state index contributed by atoms with van der Waals surface area (Å²) < 4.78 is 6.07. The van der Waals surface area contributed by atoms with E-state index in [9.17, 15) is 4.79 Å². The van der Waals surface area contributed by atoms with Crippen LogP contribution in [0.4, 0.5) is 0 Å². The van der Waals surface area contributed by atoms with Crippen molar-refractivity contribution in [2.75, 3.05) is 19.7 Å². The number of piperidine rings is 1. The third-order valence-corrected chi connectivity index (χ3v) is 5.95. The Morgan fingerprint density at radius 1 is 1.22 bits per heavy atom. The zero-order valence-electron chi connectivity index (χ0n) is 15.1. The van der Waals surface area contributed by atoms with Crippen molar-refractivity contribution in [3.05, 3.63) is 59.2 Å². The van der Waals surface area contributed by atoms with E-state index in [0.29, 0.717) is 12.5 Å². The number of hydrogen-bond donors (Lipinski definition) is 1. The van der Waals surface area contributed by atoms with Gasteiger partial charge in [0.25, 0.3) is 5.91 Å². The van der Waals surface area contributed by atoms with Crippen LogP contribution >= 0.6 is 11.3 Å². The van der Waals surface area contributed by atoms with Gasteiger partial charge in [-0.2, -0.15) is 0 Å². The Hall–Kier alpha value is -2.60. The highest BCUT2D eigenvalue weighted by molar-refractivity contribution is 7.12. The van der Waals surface area contributed by atoms with Gasteiger partial charge in [-0.3, -0.25) is 4.79 Å². The zero-order chi connectivity index (χ0) is 18.5. The van der Waals surface area contributed by atoms with Crippen LogP contribution in [0.25, 0.3) is 11.3 Å². The normalized spacial score (nSPS) is 15.0. The van der Waals surface area contributed by atoms with Gasteiger partial charge in [0.15, 0.2) is 0 Å². The van der Waals surface area contributed by atoms with Gasteiger partial charge in [0.1, 0.15) is 5.75 Å². The van der Waals surface area contributed by atoms with Gasteiger partial charge in [-0.1, -0.05) is 18.2 Å². The van der Waals surface area contributed by atoms with Crippen LogP contribution < -0.4 is 4.74 Å². The van der Waals surface area contributed by atoms with Crippen molar-refractivity contribution in [3.8, 4) is 17.0 Å². The highest BCUT2D eigenvalue weighted by Crippen LogP contribution is 2.29. The smallest absolute Gasteiger partial charge is 0.263 e. The summed E-state index contributed by atoms with van der Waals surface area (Å²) in [7, 11) is 0. The van der Waals surface area contributed by atoms with Crippen LogP contribution in [0.1, 0.15) is 28.9 Å². The quantitative estimate of drug-likeness (QED) is 0.686. The molecular weight excluding hydrogens is 358 g/mol. The lowest BCUT2D eigenvalue weighted by Gasteiger charge is -2.31. The lowest BCUT2D eigenvalue weighted by Crippen LogP contribution is -2.38. The third-order valence-electron chi connectivity index (χ3n) is 5.09. The number of hydrogen-bond acceptors (Lipinski definition) is 4. The van der Waals surface area contributed by atoms with Crippen LogP contribution in [0.2, 0.25) is 0 Å². The molecular formula is C21H23N3O2S. The summed E-state index contributed by atoms with van der Waals surface area (Å²) in [5, 5.41) is 1.96. The number of thiophene rings is 1. The Morgan fingerprint density at radius 3 is 2.81 bits per heavy atom. The van der Waals surface area contributed by atoms with Gasteiger partial charge in [-0.15, -0.1) is 11.3 Å². The molecule has 140 valence electrons. The van der Waals surface area contributed by atoms with Crippen LogP contribution in [-0.2, 0) is 0 Å². The van der Waals surface area contributed by atoms with Crippen LogP contribution in [0.3, 0.4) is 0 Å². The molecule has 1 aromatic carbocycles. The van der Waals surface area contributed by atoms with Crippen molar-refractivity contribution in [3.63, 3.8) is 0 Å². The summed E-state index contributed by atoms with van der Waals surface area (Å²) in [6.07, 6.45) is 6.59. The Bertz CT molecular complexity index is 853. The second kappa shape index (κ2) is 8.39. The maximum atomic E-state index is 12.4. The van der Waals surface area contributed by atoms with Crippen molar-refractivity contribution < 1.29 is 9.53 Å². The molecule has 1 fully saturated rings. The first kappa shape index (κ1) is 17.8. The van der Waals surface area contributed by atoms with E-state index in [2.05, 4.69) is 9.97 Å². The van der Waals surface area contributed by atoms with Gasteiger partial charge in [-0.05, 0) is 48.8 Å². The summed E-state index contributed by atoms with van der Waals surface area (Å²) in [6.45, 7) is 2.37. The maximum absolute atomic E-state index is 12.4. The van der Waals surface area contributed by atoms with Crippen LogP contribution in [0.15, 0.2) is 54.3 Å². The van der Waals surface area contributed by atoms with E-state index in [1.807, 2.05) is 52.9 Å². The fraction of sp³-hybridized carbons (Fsp3) is 0.333. The van der Waals surface area contributed by atoms with E-state index in [-0.39, 0.29) is 5.91 Å². The topological polar surface area (TPSA) is 58.2 Å². The molecule has 1 aliphatic heterocycles. The minimum atomic E-state index is 0.174. The second-order valence-electron chi connectivity index (χ2n) is 6.81. The van der Waals surface area contributed by atoms with E-state index in [1.165, 1.54) is 11.3 Å². The van der Waals surface area contributed by atoms with Crippen molar-refractivity contribution in [2.45, 2.75) is 19.3 Å². The SMILES string of the molecule is O=C(c1cccs1)N1CCC(CCOc2ccccc2-c2cnc[nH]2)CC1. The summed E-state index contributed by atoms with van der Waals surface area (Å²) in [4.78, 5) is 22.5. The molecule has 3 aromatic rings. The number of benzene rings is 1. The fourth-order valence-corrected chi connectivity index (χ4v) is 4.23. The summed E-state index contributed by atoms with van der Waals surface area (Å²) in [5.74, 6) is 1.66. The molecule has 0 aliphatic carbocycles. The third kappa shape index (κ3) is 4.22. The number of H-pyrrole nitrogens is 1. The van der Waals surface area contributed by atoms with Crippen molar-refractivity contribution in [2.24, 2.45) is 5.92 Å². The Kier molecular flexibility index (Phi) is 5.53. The molecule has 0 spiro atoms. The predicted octanol–water partition coefficient (Wildman–Crippen LogP) is 4.46. The average molecular weight is 382 g/mol. The largest absolute Gasteiger partial charge is 0.493 e. The minimum Gasteiger partial charge on any atom is -0.493 e. The zero-order valence-corrected chi connectivity index (χ0v) is 16.0. The molecule has 0 saturated carbocycles. The Morgan fingerprint density at radius 2 is 2.07 bits per heavy atom. The lowest BCUT2D eigenvalue weighted by molar-refractivity contribution is 0.0685. The standard InChI is InChI=1S/C21H23N3O2S/c25-21(20-6-3-13-27-20)24-10-7-16(8-11-24)9-12-26-19-5-2-1-4-17(19)18-14-22-15-23-18/h1-6,13-16H,7-12H2,(H,22,23). The molecule has 0 radical (unpaired) electrons. The molecule has 1 saturated heterocycles. The molecule has 0 atom stereocenters. The molecule has 4 rings (SSSR count). The van der Waals surface area contributed by atoms with E-state index in [0.717, 1.165) is 54.2 Å². The van der Waals surface area contributed by atoms with Crippen LogP contribution in [0, 0.1) is 5.92 Å². The molecule has 0 unspecified atom stereocenters. The molecule has 1 aliphatic rings. The molecule has 6 heteroatoms. The molecule has 27 heavy (non-hydrogen) atoms. The number of amides is 1. The van der Waals surface area contributed by atoms with Gasteiger partial charge in [0, 0.05) is 18.7 Å². The van der Waals surface area contributed by atoms with E-state index in [4.69, 9.17) is 4.74 Å². The van der Waals surface area contributed by atoms with E-state index < -0.39 is 0 Å². The van der Waals surface area contributed by atoms with Crippen molar-refractivity contribution in [1.29, 1.82) is 0 Å². The number of ether oxygens (including phenoxy) is 1. The van der Waals surface area contributed by atoms with Crippen molar-refractivity contribution in [1.82, 2.24) is 14.9 Å². The number of para-hydroxylation sites is 1. The summed E-state index contributed by atoms with van der Waals surface area (Å²) in [6, 6.07) is 11.9. The predicted molar refractivity (Wildman–Crippen MR) is 107 cm³/mol. The molecule has 0 bridgehead atoms. The first-order chi connectivity index (χ1) is 13.3. The molecule has 1 N–H and O–H groups in total. The van der Waals surface area contributed by atoms with Gasteiger partial charge < -0.3 is 14.6 Å². The molecule has 3 heterocycles. The van der Waals surface area contributed by atoms with E-state index >= 15 is 0 Å². The number of aromatic amines is 1. The minimum absolute atomic E-state index is 0.174. The summed E-state index contributed by atoms with van der Waals surface area (Å²) >= 11 is 1.52. The van der Waals surface area contributed by atoms with Crippen LogP contribution in [-0.4, -0.2) is 40.5 Å². The first-order valence-corrected chi connectivity index (χ1v) is 10.2. The van der Waals surface area contributed by atoms with Crippen LogP contribution in [0.5, 0.6) is 5.75 Å². The maximum Gasteiger partial charge on any atom is 0.263 e. The fourth-order valence-electron chi connectivity index (χ4n) is 3.53. The number of nitrogens with zero attached hydrogens (tertiary/aromatic N) is 2. The van der Waals surface area contributed by atoms with E-state index in [1.54, 1.807) is 6.33 Å². The number of aromatic nitrogens is 2. The molecule has 1 amide bonds. The number of rotatable bonds is 6. The van der Waals surface area contributed by atoms with Gasteiger partial charge in [0.05, 0.1) is 29.7 Å². The average Bonchev–Trinajstić information content (AvgIpc) is 3.42. The number of likely N-dealkylation sites (tertiary alicyclic amines) is 1. The van der Waals surface area contributed by atoms with Crippen molar-refractivity contribution >= 4 is 17.2 Å².